The summed E-state index contributed by atoms with van der Waals surface area (Å²) in [5.41, 5.74) is 2.97. The lowest BCUT2D eigenvalue weighted by molar-refractivity contribution is -0.121. The van der Waals surface area contributed by atoms with E-state index in [2.05, 4.69) is 15.0 Å². The third-order valence-corrected chi connectivity index (χ3v) is 5.39. The summed E-state index contributed by atoms with van der Waals surface area (Å²) in [6.45, 7) is 0.0778. The van der Waals surface area contributed by atoms with Crippen LogP contribution in [0.3, 0.4) is 0 Å². The minimum atomic E-state index is -2.89. The molecule has 1 atom stereocenters. The zero-order chi connectivity index (χ0) is 21.3. The topological polar surface area (TPSA) is 57.4 Å². The average molecular weight is 417 g/mol. The van der Waals surface area contributed by atoms with Crippen molar-refractivity contribution in [3.63, 3.8) is 0 Å². The smallest absolute Gasteiger partial charge is 0.387 e. The zero-order valence-electron chi connectivity index (χ0n) is 16.4. The molecule has 2 N–H and O–H groups in total. The molecule has 2 aromatic carbocycles. The fourth-order valence-electron chi connectivity index (χ4n) is 4.03. The molecular formula is C22H22F3N3O2. The number of carbonyl (C=O) groups excluding carboxylic acids is 1. The molecule has 1 unspecified atom stereocenters. The van der Waals surface area contributed by atoms with Crippen LogP contribution in [-0.2, 0) is 11.2 Å². The number of aryl methyl sites for hydroxylation is 1. The largest absolute Gasteiger partial charge is 0.433 e. The van der Waals surface area contributed by atoms with Crippen LogP contribution in [0.25, 0.3) is 10.9 Å². The summed E-state index contributed by atoms with van der Waals surface area (Å²) in [5, 5.41) is 3.71. The van der Waals surface area contributed by atoms with Gasteiger partial charge in [-0.25, -0.2) is 4.39 Å². The lowest BCUT2D eigenvalue weighted by Gasteiger charge is -2.22. The first-order chi connectivity index (χ1) is 14.4. The normalized spacial score (nSPS) is 16.4. The van der Waals surface area contributed by atoms with Crippen LogP contribution in [0.2, 0.25) is 0 Å². The summed E-state index contributed by atoms with van der Waals surface area (Å²) in [4.78, 5) is 17.7. The van der Waals surface area contributed by atoms with Gasteiger partial charge < -0.3 is 19.9 Å². The van der Waals surface area contributed by atoms with Gasteiger partial charge in [-0.15, -0.1) is 0 Å². The van der Waals surface area contributed by atoms with Gasteiger partial charge in [0.05, 0.1) is 12.1 Å². The monoisotopic (exact) mass is 417 g/mol. The van der Waals surface area contributed by atoms with Crippen molar-refractivity contribution in [3.8, 4) is 5.75 Å². The summed E-state index contributed by atoms with van der Waals surface area (Å²) in [5.74, 6) is -0.387. The van der Waals surface area contributed by atoms with Crippen molar-refractivity contribution < 1.29 is 22.7 Å². The highest BCUT2D eigenvalue weighted by molar-refractivity contribution is 5.90. The van der Waals surface area contributed by atoms with Crippen molar-refractivity contribution in [2.45, 2.75) is 32.4 Å². The van der Waals surface area contributed by atoms with E-state index >= 15 is 0 Å². The van der Waals surface area contributed by atoms with E-state index in [1.807, 2.05) is 11.8 Å². The van der Waals surface area contributed by atoms with E-state index in [1.54, 1.807) is 24.3 Å². The number of H-pyrrole nitrogens is 1. The molecule has 1 amide bonds. The highest BCUT2D eigenvalue weighted by atomic mass is 19.3. The highest BCUT2D eigenvalue weighted by Gasteiger charge is 2.27. The number of para-hydroxylation sites is 2. The Balaban J connectivity index is 1.42. The number of hydrogen-bond donors (Lipinski definition) is 2. The molecule has 30 heavy (non-hydrogen) atoms. The number of nitrogens with one attached hydrogen (secondary N) is 2. The first-order valence-corrected chi connectivity index (χ1v) is 9.75. The van der Waals surface area contributed by atoms with Gasteiger partial charge in [-0.1, -0.05) is 12.1 Å². The maximum absolute atomic E-state index is 13.6. The van der Waals surface area contributed by atoms with Crippen LogP contribution in [0.5, 0.6) is 5.75 Å². The Bertz CT molecular complexity index is 1070. The van der Waals surface area contributed by atoms with Gasteiger partial charge in [-0.3, -0.25) is 4.79 Å². The number of rotatable bonds is 6. The van der Waals surface area contributed by atoms with Crippen LogP contribution in [0.4, 0.5) is 18.9 Å². The third-order valence-electron chi connectivity index (χ3n) is 5.39. The minimum absolute atomic E-state index is 0.112. The number of fused-ring (bicyclic) bond motifs is 1. The minimum Gasteiger partial charge on any atom is -0.433 e. The van der Waals surface area contributed by atoms with Crippen LogP contribution in [-0.4, -0.2) is 36.6 Å². The van der Waals surface area contributed by atoms with E-state index in [4.69, 9.17) is 0 Å². The fourth-order valence-corrected chi connectivity index (χ4v) is 4.03. The molecule has 5 nitrogen and oxygen atoms in total. The second-order valence-electron chi connectivity index (χ2n) is 7.44. The number of aromatic nitrogens is 1. The molecule has 8 heteroatoms. The lowest BCUT2D eigenvalue weighted by atomic mass is 10.1. The summed E-state index contributed by atoms with van der Waals surface area (Å²) in [6.07, 6.45) is 0.827. The molecule has 1 aliphatic heterocycles. The molecule has 158 valence electrons. The predicted octanol–water partition coefficient (Wildman–Crippen LogP) is 4.15. The quantitative estimate of drug-likeness (QED) is 0.634. The molecule has 1 fully saturated rings. The Morgan fingerprint density at radius 1 is 1.30 bits per heavy atom. The number of nitrogens with zero attached hydrogens (tertiary/aromatic N) is 1. The Morgan fingerprint density at radius 3 is 2.90 bits per heavy atom. The lowest BCUT2D eigenvalue weighted by Crippen LogP contribution is -2.38. The van der Waals surface area contributed by atoms with Gasteiger partial charge in [0, 0.05) is 35.7 Å². The van der Waals surface area contributed by atoms with Crippen molar-refractivity contribution in [3.05, 3.63) is 59.5 Å². The number of anilines is 1. The van der Waals surface area contributed by atoms with Gasteiger partial charge in [0.1, 0.15) is 11.6 Å². The van der Waals surface area contributed by atoms with E-state index in [1.165, 1.54) is 18.2 Å². The van der Waals surface area contributed by atoms with E-state index < -0.39 is 6.61 Å². The van der Waals surface area contributed by atoms with Gasteiger partial charge in [0.25, 0.3) is 0 Å². The molecule has 3 aromatic rings. The summed E-state index contributed by atoms with van der Waals surface area (Å²) in [7, 11) is 0. The van der Waals surface area contributed by atoms with Crippen LogP contribution in [0.1, 0.15) is 17.7 Å². The van der Waals surface area contributed by atoms with Gasteiger partial charge in [0.15, 0.2) is 0 Å². The molecule has 0 saturated carbocycles. The molecule has 0 spiro atoms. The van der Waals surface area contributed by atoms with Crippen LogP contribution >= 0.6 is 0 Å². The first kappa shape index (κ1) is 20.1. The van der Waals surface area contributed by atoms with Crippen LogP contribution in [0.15, 0.2) is 42.5 Å². The van der Waals surface area contributed by atoms with Crippen molar-refractivity contribution in [2.24, 2.45) is 0 Å². The number of amides is 1. The second kappa shape index (κ2) is 8.30. The fraction of sp³-hybridized carbons (Fsp3) is 0.318. The maximum Gasteiger partial charge on any atom is 0.387 e. The van der Waals surface area contributed by atoms with Gasteiger partial charge in [-0.05, 0) is 49.2 Å². The van der Waals surface area contributed by atoms with Crippen molar-refractivity contribution in [1.29, 1.82) is 0 Å². The number of carbonyl (C=O) groups is 1. The van der Waals surface area contributed by atoms with E-state index in [-0.39, 0.29) is 29.9 Å². The molecule has 1 saturated heterocycles. The van der Waals surface area contributed by atoms with Gasteiger partial charge >= 0.3 is 6.61 Å². The van der Waals surface area contributed by atoms with Gasteiger partial charge in [-0.2, -0.15) is 8.78 Å². The predicted molar refractivity (Wildman–Crippen MR) is 109 cm³/mol. The Hall–Kier alpha value is -3.16. The first-order valence-electron chi connectivity index (χ1n) is 9.75. The van der Waals surface area contributed by atoms with Crippen LogP contribution in [0, 0.1) is 12.7 Å². The molecule has 1 aromatic heterocycles. The molecule has 1 aliphatic rings. The SMILES string of the molecule is Cc1[nH]c2ccc(F)cc2c1CC(=O)NC1CCN(c2ccccc2OC(F)F)C1. The number of halogens is 3. The summed E-state index contributed by atoms with van der Waals surface area (Å²) in [6, 6.07) is 11.0. The Labute approximate surface area is 171 Å². The number of benzene rings is 2. The Kier molecular flexibility index (Phi) is 5.57. The number of ether oxygens (including phenoxy) is 1. The summed E-state index contributed by atoms with van der Waals surface area (Å²) < 4.78 is 43.6. The second-order valence-corrected chi connectivity index (χ2v) is 7.44. The van der Waals surface area contributed by atoms with Crippen LogP contribution < -0.4 is 15.0 Å². The van der Waals surface area contributed by atoms with Crippen molar-refractivity contribution >= 4 is 22.5 Å². The van der Waals surface area contributed by atoms with E-state index in [9.17, 15) is 18.0 Å². The third kappa shape index (κ3) is 4.22. The molecule has 0 aliphatic carbocycles. The van der Waals surface area contributed by atoms with Crippen molar-refractivity contribution in [2.75, 3.05) is 18.0 Å². The molecule has 2 heterocycles. The van der Waals surface area contributed by atoms with Gasteiger partial charge in [0.2, 0.25) is 5.91 Å². The molecule has 0 radical (unpaired) electrons. The molecule has 0 bridgehead atoms. The van der Waals surface area contributed by atoms with E-state index in [0.29, 0.717) is 30.6 Å². The number of hydrogen-bond acceptors (Lipinski definition) is 3. The molecule has 4 rings (SSSR count). The standard InChI is InChI=1S/C22H22F3N3O2/c1-13-16(17-10-14(23)6-7-18(17)26-13)11-21(29)27-15-8-9-28(12-15)19-4-2-3-5-20(19)30-22(24)25/h2-7,10,15,22,26H,8-9,11-12H2,1H3,(H,27,29). The number of aromatic amines is 1. The van der Waals surface area contributed by atoms with Crippen molar-refractivity contribution in [1.82, 2.24) is 10.3 Å². The zero-order valence-corrected chi connectivity index (χ0v) is 16.4. The highest BCUT2D eigenvalue weighted by Crippen LogP contribution is 2.32. The average Bonchev–Trinajstić information content (AvgIpc) is 3.27. The maximum atomic E-state index is 13.6. The Morgan fingerprint density at radius 2 is 2.10 bits per heavy atom. The summed E-state index contributed by atoms with van der Waals surface area (Å²) >= 11 is 0. The number of alkyl halides is 2. The van der Waals surface area contributed by atoms with E-state index in [0.717, 1.165) is 16.8 Å². The molecular weight excluding hydrogens is 395 g/mol.